The van der Waals surface area contributed by atoms with Crippen LogP contribution in [0.25, 0.3) is 0 Å². The number of imidazole rings is 1. The Morgan fingerprint density at radius 3 is 2.15 bits per heavy atom. The molecule has 0 bridgehead atoms. The molecule has 0 aliphatic rings. The van der Waals surface area contributed by atoms with Crippen LogP contribution in [0.15, 0.2) is 12.4 Å². The summed E-state index contributed by atoms with van der Waals surface area (Å²) < 4.78 is 7.36. The van der Waals surface area contributed by atoms with Gasteiger partial charge in [0.2, 0.25) is 0 Å². The molecular weight excluding hydrogens is 248 g/mol. The Morgan fingerprint density at radius 1 is 0.950 bits per heavy atom. The molecule has 0 unspecified atom stereocenters. The fraction of sp³-hybridized carbons (Fsp3) is 0.824. The fourth-order valence-corrected chi connectivity index (χ4v) is 2.58. The quantitative estimate of drug-likeness (QED) is 0.478. The molecule has 3 heteroatoms. The average molecular weight is 280 g/mol. The van der Waals surface area contributed by atoms with Crippen molar-refractivity contribution in [2.75, 3.05) is 7.11 Å². The normalized spacial score (nSPS) is 11.1. The summed E-state index contributed by atoms with van der Waals surface area (Å²) in [6, 6.07) is 0. The lowest BCUT2D eigenvalue weighted by Crippen LogP contribution is -2.04. The third kappa shape index (κ3) is 7.68. The highest BCUT2D eigenvalue weighted by Crippen LogP contribution is 2.11. The summed E-state index contributed by atoms with van der Waals surface area (Å²) in [5.41, 5.74) is 0. The van der Waals surface area contributed by atoms with Gasteiger partial charge < -0.3 is 9.30 Å². The maximum atomic E-state index is 5.14. The minimum absolute atomic E-state index is 0.616. The van der Waals surface area contributed by atoms with Gasteiger partial charge in [0.05, 0.1) is 0 Å². The second-order valence-electron chi connectivity index (χ2n) is 5.65. The predicted molar refractivity (Wildman–Crippen MR) is 84.8 cm³/mol. The fourth-order valence-electron chi connectivity index (χ4n) is 2.58. The summed E-state index contributed by atoms with van der Waals surface area (Å²) in [6.07, 6.45) is 17.8. The molecule has 1 heterocycles. The number of aromatic nitrogens is 2. The smallest absolute Gasteiger partial charge is 0.134 e. The van der Waals surface area contributed by atoms with Gasteiger partial charge in [0, 0.05) is 26.0 Å². The van der Waals surface area contributed by atoms with E-state index in [1.165, 1.54) is 64.2 Å². The Labute approximate surface area is 124 Å². The van der Waals surface area contributed by atoms with E-state index in [9.17, 15) is 0 Å². The first-order valence-electron chi connectivity index (χ1n) is 8.37. The molecular formula is C17H32N2O. The van der Waals surface area contributed by atoms with Crippen LogP contribution >= 0.6 is 0 Å². The molecule has 3 nitrogen and oxygen atoms in total. The van der Waals surface area contributed by atoms with Crippen molar-refractivity contribution in [2.24, 2.45) is 0 Å². The molecule has 0 N–H and O–H groups in total. The lowest BCUT2D eigenvalue weighted by Gasteiger charge is -2.07. The van der Waals surface area contributed by atoms with E-state index in [1.54, 1.807) is 7.11 Å². The molecule has 0 amide bonds. The van der Waals surface area contributed by atoms with E-state index in [1.807, 2.05) is 6.20 Å². The van der Waals surface area contributed by atoms with Crippen molar-refractivity contribution < 1.29 is 4.74 Å². The van der Waals surface area contributed by atoms with Crippen molar-refractivity contribution in [3.8, 4) is 0 Å². The van der Waals surface area contributed by atoms with Crippen molar-refractivity contribution >= 4 is 0 Å². The Balaban J connectivity index is 1.93. The zero-order valence-corrected chi connectivity index (χ0v) is 13.4. The number of hydrogen-bond donors (Lipinski definition) is 0. The molecule has 0 fully saturated rings. The van der Waals surface area contributed by atoms with Crippen LogP contribution in [-0.2, 0) is 17.9 Å². The first-order chi connectivity index (χ1) is 9.88. The maximum Gasteiger partial charge on any atom is 0.134 e. The predicted octanol–water partition coefficient (Wildman–Crippen LogP) is 4.95. The van der Waals surface area contributed by atoms with Gasteiger partial charge in [-0.2, -0.15) is 0 Å². The number of unbranched alkanes of at least 4 members (excludes halogenated alkanes) is 9. The zero-order valence-electron chi connectivity index (χ0n) is 13.4. The molecule has 1 aromatic heterocycles. The van der Waals surface area contributed by atoms with E-state index in [-0.39, 0.29) is 0 Å². The van der Waals surface area contributed by atoms with Crippen molar-refractivity contribution in [3.05, 3.63) is 18.2 Å². The first kappa shape index (κ1) is 17.2. The number of nitrogens with zero attached hydrogens (tertiary/aromatic N) is 2. The third-order valence-corrected chi connectivity index (χ3v) is 3.83. The Hall–Kier alpha value is -0.830. The second-order valence-corrected chi connectivity index (χ2v) is 5.65. The number of ether oxygens (including phenoxy) is 1. The minimum Gasteiger partial charge on any atom is -0.377 e. The van der Waals surface area contributed by atoms with Gasteiger partial charge in [0.1, 0.15) is 12.4 Å². The van der Waals surface area contributed by atoms with E-state index in [4.69, 9.17) is 4.74 Å². The monoisotopic (exact) mass is 280 g/mol. The molecule has 0 atom stereocenters. The van der Waals surface area contributed by atoms with E-state index in [2.05, 4.69) is 22.7 Å². The van der Waals surface area contributed by atoms with Crippen LogP contribution in [0.4, 0.5) is 0 Å². The highest BCUT2D eigenvalue weighted by molar-refractivity contribution is 4.90. The van der Waals surface area contributed by atoms with Gasteiger partial charge in [-0.05, 0) is 6.42 Å². The van der Waals surface area contributed by atoms with Crippen LogP contribution in [0, 0.1) is 0 Å². The lowest BCUT2D eigenvalue weighted by atomic mass is 10.1. The summed E-state index contributed by atoms with van der Waals surface area (Å²) in [7, 11) is 1.72. The Morgan fingerprint density at radius 2 is 1.55 bits per heavy atom. The van der Waals surface area contributed by atoms with Gasteiger partial charge >= 0.3 is 0 Å². The molecule has 0 radical (unpaired) electrons. The highest BCUT2D eigenvalue weighted by atomic mass is 16.5. The molecule has 0 aliphatic heterocycles. The largest absolute Gasteiger partial charge is 0.377 e. The highest BCUT2D eigenvalue weighted by Gasteiger charge is 2.01. The molecule has 116 valence electrons. The molecule has 0 saturated heterocycles. The topological polar surface area (TPSA) is 27.1 Å². The summed E-state index contributed by atoms with van der Waals surface area (Å²) >= 11 is 0. The van der Waals surface area contributed by atoms with Gasteiger partial charge in [-0.3, -0.25) is 0 Å². The average Bonchev–Trinajstić information content (AvgIpc) is 2.89. The molecule has 0 saturated carbocycles. The van der Waals surface area contributed by atoms with Gasteiger partial charge in [0.25, 0.3) is 0 Å². The molecule has 1 aromatic rings. The van der Waals surface area contributed by atoms with Crippen molar-refractivity contribution in [2.45, 2.75) is 84.3 Å². The number of aryl methyl sites for hydroxylation is 1. The van der Waals surface area contributed by atoms with E-state index < -0.39 is 0 Å². The Kier molecular flexibility index (Phi) is 10.3. The number of methoxy groups -OCH3 is 1. The van der Waals surface area contributed by atoms with Crippen LogP contribution in [0.2, 0.25) is 0 Å². The summed E-state index contributed by atoms with van der Waals surface area (Å²) in [4.78, 5) is 4.31. The van der Waals surface area contributed by atoms with Crippen LogP contribution in [-0.4, -0.2) is 16.7 Å². The summed E-state index contributed by atoms with van der Waals surface area (Å²) in [5.74, 6) is 1.04. The van der Waals surface area contributed by atoms with E-state index in [0.29, 0.717) is 6.61 Å². The summed E-state index contributed by atoms with van der Waals surface area (Å²) in [6.45, 7) is 3.97. The third-order valence-electron chi connectivity index (χ3n) is 3.83. The summed E-state index contributed by atoms with van der Waals surface area (Å²) in [5, 5.41) is 0. The molecule has 20 heavy (non-hydrogen) atoms. The molecule has 0 spiro atoms. The van der Waals surface area contributed by atoms with Gasteiger partial charge in [-0.25, -0.2) is 4.98 Å². The lowest BCUT2D eigenvalue weighted by molar-refractivity contribution is 0.174. The van der Waals surface area contributed by atoms with Crippen molar-refractivity contribution in [3.63, 3.8) is 0 Å². The minimum atomic E-state index is 0.616. The number of rotatable bonds is 13. The van der Waals surface area contributed by atoms with Crippen LogP contribution in [0.5, 0.6) is 0 Å². The molecule has 0 aromatic carbocycles. The van der Waals surface area contributed by atoms with Gasteiger partial charge in [-0.1, -0.05) is 64.7 Å². The molecule has 1 rings (SSSR count). The van der Waals surface area contributed by atoms with E-state index >= 15 is 0 Å². The molecule has 0 aliphatic carbocycles. The first-order valence-corrected chi connectivity index (χ1v) is 8.37. The van der Waals surface area contributed by atoms with Crippen LogP contribution in [0.1, 0.15) is 77.0 Å². The maximum absolute atomic E-state index is 5.14. The zero-order chi connectivity index (χ0) is 14.5. The van der Waals surface area contributed by atoms with Gasteiger partial charge in [-0.15, -0.1) is 0 Å². The van der Waals surface area contributed by atoms with Crippen molar-refractivity contribution in [1.29, 1.82) is 0 Å². The van der Waals surface area contributed by atoms with E-state index in [0.717, 1.165) is 12.4 Å². The van der Waals surface area contributed by atoms with Crippen LogP contribution < -0.4 is 0 Å². The SMILES string of the molecule is CCCCCCCCCCCCn1ccnc1COC. The second kappa shape index (κ2) is 12.0. The Bertz CT molecular complexity index is 323. The van der Waals surface area contributed by atoms with Crippen LogP contribution in [0.3, 0.4) is 0 Å². The van der Waals surface area contributed by atoms with Crippen molar-refractivity contribution in [1.82, 2.24) is 9.55 Å². The standard InChI is InChI=1S/C17H32N2O/c1-3-4-5-6-7-8-9-10-11-12-14-19-15-13-18-17(19)16-20-2/h13,15H,3-12,14,16H2,1-2H3. The van der Waals surface area contributed by atoms with Gasteiger partial charge in [0.15, 0.2) is 0 Å². The number of hydrogen-bond acceptors (Lipinski definition) is 2.